The Morgan fingerprint density at radius 3 is 2.52 bits per heavy atom. The highest BCUT2D eigenvalue weighted by molar-refractivity contribution is 6.35. The van der Waals surface area contributed by atoms with Crippen molar-refractivity contribution in [3.8, 4) is 0 Å². The molecule has 0 aliphatic rings. The molecule has 0 atom stereocenters. The highest BCUT2D eigenvalue weighted by Gasteiger charge is 2.11. The van der Waals surface area contributed by atoms with E-state index in [2.05, 4.69) is 10.1 Å². The van der Waals surface area contributed by atoms with Crippen LogP contribution in [0.25, 0.3) is 0 Å². The van der Waals surface area contributed by atoms with Crippen LogP contribution in [0.4, 0.5) is 17.1 Å². The minimum absolute atomic E-state index is 0.392. The van der Waals surface area contributed by atoms with E-state index in [4.69, 9.17) is 28.9 Å². The molecule has 3 N–H and O–H groups in total. The van der Waals surface area contributed by atoms with Gasteiger partial charge in [0, 0.05) is 5.02 Å². The second-order valence-corrected chi connectivity index (χ2v) is 5.31. The van der Waals surface area contributed by atoms with Gasteiger partial charge < -0.3 is 15.8 Å². The van der Waals surface area contributed by atoms with E-state index >= 15 is 0 Å². The van der Waals surface area contributed by atoms with E-state index in [1.807, 2.05) is 6.92 Å². The number of carbonyl (C=O) groups excluding carboxylic acids is 1. The molecule has 0 bridgehead atoms. The highest BCUT2D eigenvalue weighted by atomic mass is 35.5. The monoisotopic (exact) mass is 324 g/mol. The number of hydrogen-bond donors (Lipinski definition) is 2. The summed E-state index contributed by atoms with van der Waals surface area (Å²) < 4.78 is 4.69. The van der Waals surface area contributed by atoms with Crippen molar-refractivity contribution >= 4 is 46.2 Å². The lowest BCUT2D eigenvalue weighted by molar-refractivity contribution is 0.0601. The van der Waals surface area contributed by atoms with Crippen molar-refractivity contribution in [1.29, 1.82) is 0 Å². The van der Waals surface area contributed by atoms with Crippen molar-refractivity contribution in [3.63, 3.8) is 0 Å². The summed E-state index contributed by atoms with van der Waals surface area (Å²) in [5.41, 5.74) is 8.83. The van der Waals surface area contributed by atoms with Gasteiger partial charge in [-0.25, -0.2) is 4.79 Å². The summed E-state index contributed by atoms with van der Waals surface area (Å²) in [6, 6.07) is 8.29. The number of halogens is 2. The van der Waals surface area contributed by atoms with Gasteiger partial charge >= 0.3 is 5.97 Å². The molecular weight excluding hydrogens is 311 g/mol. The second-order valence-electron chi connectivity index (χ2n) is 4.50. The Balaban J connectivity index is 2.39. The van der Waals surface area contributed by atoms with Crippen LogP contribution in [0, 0.1) is 6.92 Å². The number of methoxy groups -OCH3 is 1. The molecule has 0 aliphatic carbocycles. The molecular formula is C15H14Cl2N2O2. The van der Waals surface area contributed by atoms with Crippen molar-refractivity contribution < 1.29 is 9.53 Å². The number of rotatable bonds is 3. The maximum Gasteiger partial charge on any atom is 0.337 e. The molecule has 0 aromatic heterocycles. The van der Waals surface area contributed by atoms with E-state index in [-0.39, 0.29) is 0 Å². The standard InChI is InChI=1S/C15H14Cl2N2O2/c1-8-5-11(17)13(7-10(8)16)19-14-6-9(15(20)21-2)3-4-12(14)18/h3-7,19H,18H2,1-2H3. The largest absolute Gasteiger partial charge is 0.465 e. The summed E-state index contributed by atoms with van der Waals surface area (Å²) in [6.45, 7) is 1.87. The van der Waals surface area contributed by atoms with Gasteiger partial charge in [-0.3, -0.25) is 0 Å². The third kappa shape index (κ3) is 3.40. The first-order valence-corrected chi connectivity index (χ1v) is 6.88. The minimum atomic E-state index is -0.439. The van der Waals surface area contributed by atoms with Crippen molar-refractivity contribution in [2.75, 3.05) is 18.2 Å². The number of anilines is 3. The van der Waals surface area contributed by atoms with Gasteiger partial charge in [-0.2, -0.15) is 0 Å². The number of nitrogen functional groups attached to an aromatic ring is 1. The van der Waals surface area contributed by atoms with E-state index in [1.165, 1.54) is 7.11 Å². The average Bonchev–Trinajstić information content (AvgIpc) is 2.46. The zero-order chi connectivity index (χ0) is 15.6. The van der Waals surface area contributed by atoms with Gasteiger partial charge in [0.05, 0.1) is 34.8 Å². The van der Waals surface area contributed by atoms with Gasteiger partial charge in [-0.05, 0) is 42.8 Å². The lowest BCUT2D eigenvalue weighted by Gasteiger charge is -2.13. The van der Waals surface area contributed by atoms with Crippen LogP contribution in [0.5, 0.6) is 0 Å². The van der Waals surface area contributed by atoms with E-state index in [9.17, 15) is 4.79 Å². The van der Waals surface area contributed by atoms with E-state index in [1.54, 1.807) is 30.3 Å². The Bertz CT molecular complexity index is 702. The van der Waals surface area contributed by atoms with E-state index in [0.717, 1.165) is 5.56 Å². The highest BCUT2D eigenvalue weighted by Crippen LogP contribution is 2.33. The maximum atomic E-state index is 11.6. The third-order valence-electron chi connectivity index (χ3n) is 2.99. The number of carbonyl (C=O) groups is 1. The predicted octanol–water partition coefficient (Wildman–Crippen LogP) is 4.41. The van der Waals surface area contributed by atoms with Crippen LogP contribution in [0.2, 0.25) is 10.0 Å². The van der Waals surface area contributed by atoms with Crippen molar-refractivity contribution in [2.24, 2.45) is 0 Å². The number of nitrogens with two attached hydrogens (primary N) is 1. The first-order chi connectivity index (χ1) is 9.92. The molecule has 2 aromatic rings. The number of benzene rings is 2. The van der Waals surface area contributed by atoms with Crippen LogP contribution >= 0.6 is 23.2 Å². The quantitative estimate of drug-likeness (QED) is 0.648. The zero-order valence-electron chi connectivity index (χ0n) is 11.5. The summed E-state index contributed by atoms with van der Waals surface area (Å²) in [4.78, 5) is 11.6. The average molecular weight is 325 g/mol. The molecule has 2 rings (SSSR count). The molecule has 0 amide bonds. The van der Waals surface area contributed by atoms with Gasteiger partial charge in [0.2, 0.25) is 0 Å². The molecule has 0 fully saturated rings. The SMILES string of the molecule is COC(=O)c1ccc(N)c(Nc2cc(Cl)c(C)cc2Cl)c1. The summed E-state index contributed by atoms with van der Waals surface area (Å²) in [5.74, 6) is -0.439. The van der Waals surface area contributed by atoms with Crippen molar-refractivity contribution in [3.05, 3.63) is 51.5 Å². The van der Waals surface area contributed by atoms with Crippen LogP contribution in [-0.2, 0) is 4.74 Å². The first kappa shape index (κ1) is 15.5. The Kier molecular flexibility index (Phi) is 4.60. The lowest BCUT2D eigenvalue weighted by Crippen LogP contribution is -2.04. The topological polar surface area (TPSA) is 64.3 Å². The fourth-order valence-electron chi connectivity index (χ4n) is 1.80. The van der Waals surface area contributed by atoms with Gasteiger partial charge in [0.15, 0.2) is 0 Å². The van der Waals surface area contributed by atoms with Gasteiger partial charge in [-0.15, -0.1) is 0 Å². The smallest absolute Gasteiger partial charge is 0.337 e. The number of hydrogen-bond acceptors (Lipinski definition) is 4. The second kappa shape index (κ2) is 6.24. The van der Waals surface area contributed by atoms with Crippen LogP contribution < -0.4 is 11.1 Å². The fourth-order valence-corrected chi connectivity index (χ4v) is 2.23. The summed E-state index contributed by atoms with van der Waals surface area (Å²) in [7, 11) is 1.32. The van der Waals surface area contributed by atoms with Crippen molar-refractivity contribution in [1.82, 2.24) is 0 Å². The molecule has 0 spiro atoms. The van der Waals surface area contributed by atoms with Crippen LogP contribution in [0.15, 0.2) is 30.3 Å². The molecule has 0 aliphatic heterocycles. The normalized spacial score (nSPS) is 10.3. The molecule has 110 valence electrons. The van der Waals surface area contributed by atoms with Gasteiger partial charge in [0.1, 0.15) is 0 Å². The van der Waals surface area contributed by atoms with Crippen LogP contribution in [0.1, 0.15) is 15.9 Å². The number of aryl methyl sites for hydroxylation is 1. The van der Waals surface area contributed by atoms with Crippen LogP contribution in [0.3, 0.4) is 0 Å². The Hall–Kier alpha value is -1.91. The van der Waals surface area contributed by atoms with Crippen LogP contribution in [-0.4, -0.2) is 13.1 Å². The summed E-state index contributed by atoms with van der Waals surface area (Å²) in [6.07, 6.45) is 0. The number of ether oxygens (including phenoxy) is 1. The fraction of sp³-hybridized carbons (Fsp3) is 0.133. The van der Waals surface area contributed by atoms with E-state index < -0.39 is 5.97 Å². The van der Waals surface area contributed by atoms with E-state index in [0.29, 0.717) is 32.7 Å². The molecule has 2 aromatic carbocycles. The predicted molar refractivity (Wildman–Crippen MR) is 86.7 cm³/mol. The lowest BCUT2D eigenvalue weighted by atomic mass is 10.1. The first-order valence-electron chi connectivity index (χ1n) is 6.13. The zero-order valence-corrected chi connectivity index (χ0v) is 13.0. The summed E-state index contributed by atoms with van der Waals surface area (Å²) >= 11 is 12.3. The maximum absolute atomic E-state index is 11.6. The molecule has 0 radical (unpaired) electrons. The van der Waals surface area contributed by atoms with Crippen molar-refractivity contribution in [2.45, 2.75) is 6.92 Å². The third-order valence-corrected chi connectivity index (χ3v) is 3.71. The molecule has 4 nitrogen and oxygen atoms in total. The molecule has 0 unspecified atom stereocenters. The van der Waals surface area contributed by atoms with Gasteiger partial charge in [0.25, 0.3) is 0 Å². The Labute approximate surface area is 132 Å². The Morgan fingerprint density at radius 2 is 1.86 bits per heavy atom. The molecule has 0 heterocycles. The van der Waals surface area contributed by atoms with Gasteiger partial charge in [-0.1, -0.05) is 23.2 Å². The molecule has 0 saturated heterocycles. The molecule has 6 heteroatoms. The molecule has 0 saturated carbocycles. The number of esters is 1. The molecule has 21 heavy (non-hydrogen) atoms. The number of nitrogens with one attached hydrogen (secondary N) is 1. The minimum Gasteiger partial charge on any atom is -0.465 e. The summed E-state index contributed by atoms with van der Waals surface area (Å²) in [5, 5.41) is 4.18. The Morgan fingerprint density at radius 1 is 1.14 bits per heavy atom.